The molecule has 1 N–H and O–H groups in total. The van der Waals surface area contributed by atoms with Crippen LogP contribution in [0.25, 0.3) is 0 Å². The number of nitrogens with one attached hydrogen (secondary N) is 1. The molecule has 0 aliphatic carbocycles. The molecule has 0 unspecified atom stereocenters. The van der Waals surface area contributed by atoms with E-state index in [0.717, 1.165) is 17.3 Å². The summed E-state index contributed by atoms with van der Waals surface area (Å²) in [6.45, 7) is 6.71. The fourth-order valence-corrected chi connectivity index (χ4v) is 5.05. The highest BCUT2D eigenvalue weighted by Gasteiger charge is 2.51. The lowest BCUT2D eigenvalue weighted by Gasteiger charge is -2.44. The fraction of sp³-hybridized carbons (Fsp3) is 0.520. The van der Waals surface area contributed by atoms with Gasteiger partial charge < -0.3 is 33.6 Å². The molecule has 3 rings (SSSR count). The molecule has 0 saturated carbocycles. The number of hydrogen-bond donors (Lipinski definition) is 1. The first-order chi connectivity index (χ1) is 18.4. The van der Waals surface area contributed by atoms with Gasteiger partial charge in [0.25, 0.3) is 0 Å². The molecule has 13 nitrogen and oxygen atoms in total. The predicted molar refractivity (Wildman–Crippen MR) is 136 cm³/mol. The van der Waals surface area contributed by atoms with Crippen molar-refractivity contribution in [3.05, 3.63) is 35.7 Å². The Morgan fingerprint density at radius 1 is 1.03 bits per heavy atom. The van der Waals surface area contributed by atoms with Gasteiger partial charge in [-0.1, -0.05) is 23.9 Å². The number of aromatic nitrogens is 3. The largest absolute Gasteiger partial charge is 0.486 e. The second kappa shape index (κ2) is 13.4. The normalized spacial score (nSPS) is 22.5. The van der Waals surface area contributed by atoms with E-state index in [9.17, 15) is 19.2 Å². The summed E-state index contributed by atoms with van der Waals surface area (Å²) in [5.74, 6) is -1.15. The number of rotatable bonds is 10. The van der Waals surface area contributed by atoms with Crippen LogP contribution in [0.4, 0.5) is 0 Å². The zero-order valence-electron chi connectivity index (χ0n) is 22.5. The minimum Gasteiger partial charge on any atom is -0.486 e. The molecule has 14 heteroatoms. The van der Waals surface area contributed by atoms with Crippen molar-refractivity contribution in [2.75, 3.05) is 6.61 Å². The van der Waals surface area contributed by atoms with Crippen molar-refractivity contribution in [3.63, 3.8) is 0 Å². The van der Waals surface area contributed by atoms with Crippen LogP contribution in [0.1, 0.15) is 39.1 Å². The second-order valence-electron chi connectivity index (χ2n) is 8.90. The van der Waals surface area contributed by atoms with Gasteiger partial charge in [-0.05, 0) is 24.6 Å². The van der Waals surface area contributed by atoms with Crippen LogP contribution in [0.3, 0.4) is 0 Å². The summed E-state index contributed by atoms with van der Waals surface area (Å²) in [6.07, 6.45) is -3.33. The van der Waals surface area contributed by atoms with E-state index in [1.807, 2.05) is 31.2 Å². The van der Waals surface area contributed by atoms with Gasteiger partial charge in [0, 0.05) is 34.7 Å². The molecule has 1 fully saturated rings. The molecule has 39 heavy (non-hydrogen) atoms. The minimum atomic E-state index is -1.17. The lowest BCUT2D eigenvalue weighted by atomic mass is 9.97. The average Bonchev–Trinajstić information content (AvgIpc) is 3.18. The maximum atomic E-state index is 12.1. The fourth-order valence-electron chi connectivity index (χ4n) is 3.92. The maximum absolute atomic E-state index is 12.1. The van der Waals surface area contributed by atoms with Crippen LogP contribution in [0.2, 0.25) is 0 Å². The first kappa shape index (κ1) is 29.9. The zero-order chi connectivity index (χ0) is 28.7. The Morgan fingerprint density at radius 3 is 2.33 bits per heavy atom. The first-order valence-corrected chi connectivity index (χ1v) is 13.0. The smallest absolute Gasteiger partial charge is 0.303 e. The Kier molecular flexibility index (Phi) is 10.3. The summed E-state index contributed by atoms with van der Waals surface area (Å²) in [7, 11) is 1.75. The van der Waals surface area contributed by atoms with Crippen molar-refractivity contribution in [2.24, 2.45) is 7.05 Å². The SMILES string of the molecule is CC(=O)N[C@H]1[C@H](OC(C)=O)[C@H](OC(C)=O)[C@H](COC(C)=O)O[C@H]1Sc1nnc(COc2cccc(C)c2)n1C. The second-order valence-corrected chi connectivity index (χ2v) is 9.97. The van der Waals surface area contributed by atoms with Crippen LogP contribution in [-0.4, -0.2) is 75.0 Å². The number of hydrogen-bond acceptors (Lipinski definition) is 12. The summed E-state index contributed by atoms with van der Waals surface area (Å²) < 4.78 is 29.8. The third-order valence-electron chi connectivity index (χ3n) is 5.58. The van der Waals surface area contributed by atoms with Gasteiger partial charge >= 0.3 is 17.9 Å². The van der Waals surface area contributed by atoms with Crippen molar-refractivity contribution in [1.29, 1.82) is 0 Å². The van der Waals surface area contributed by atoms with E-state index in [1.54, 1.807) is 11.6 Å². The monoisotopic (exact) mass is 564 g/mol. The molecule has 2 heterocycles. The highest BCUT2D eigenvalue weighted by molar-refractivity contribution is 7.99. The Morgan fingerprint density at radius 2 is 1.72 bits per heavy atom. The number of esters is 3. The number of benzene rings is 1. The van der Waals surface area contributed by atoms with Crippen LogP contribution in [0.5, 0.6) is 5.75 Å². The quantitative estimate of drug-likeness (QED) is 0.328. The molecule has 1 aliphatic heterocycles. The summed E-state index contributed by atoms with van der Waals surface area (Å²) in [4.78, 5) is 47.6. The van der Waals surface area contributed by atoms with Crippen LogP contribution in [-0.2, 0) is 51.8 Å². The van der Waals surface area contributed by atoms with Gasteiger partial charge in [-0.25, -0.2) is 0 Å². The molecule has 2 aromatic rings. The van der Waals surface area contributed by atoms with E-state index in [4.69, 9.17) is 23.7 Å². The van der Waals surface area contributed by atoms with Crippen molar-refractivity contribution < 1.29 is 42.9 Å². The average molecular weight is 565 g/mol. The van der Waals surface area contributed by atoms with Crippen molar-refractivity contribution >= 4 is 35.6 Å². The third-order valence-corrected chi connectivity index (χ3v) is 6.78. The molecular formula is C25H32N4O9S. The highest BCUT2D eigenvalue weighted by Crippen LogP contribution is 2.35. The van der Waals surface area contributed by atoms with E-state index in [0.29, 0.717) is 16.7 Å². The first-order valence-electron chi connectivity index (χ1n) is 12.1. The molecule has 5 atom stereocenters. The van der Waals surface area contributed by atoms with Gasteiger partial charge in [0.2, 0.25) is 5.91 Å². The number of carbonyl (C=O) groups is 4. The van der Waals surface area contributed by atoms with Gasteiger partial charge in [-0.3, -0.25) is 19.2 Å². The summed E-state index contributed by atoms with van der Waals surface area (Å²) in [5, 5.41) is 11.6. The summed E-state index contributed by atoms with van der Waals surface area (Å²) in [6, 6.07) is 6.63. The van der Waals surface area contributed by atoms with E-state index in [-0.39, 0.29) is 13.2 Å². The standard InChI is InChI=1S/C25H32N4O9S/c1-13-8-7-9-18(10-13)35-12-20-27-28-25(29(20)6)39-24-21(26-14(2)30)23(37-17(5)33)22(36-16(4)32)19(38-24)11-34-15(3)31/h7-10,19,21-24H,11-12H2,1-6H3,(H,26,30)/t19-,21-,22+,23-,24-/m0/s1. The van der Waals surface area contributed by atoms with E-state index >= 15 is 0 Å². The summed E-state index contributed by atoms with van der Waals surface area (Å²) in [5.41, 5.74) is 0.150. The number of amides is 1. The molecule has 1 aliphatic rings. The molecular weight excluding hydrogens is 532 g/mol. The van der Waals surface area contributed by atoms with Crippen molar-refractivity contribution in [2.45, 2.75) is 76.2 Å². The molecule has 0 bridgehead atoms. The van der Waals surface area contributed by atoms with Crippen molar-refractivity contribution in [1.82, 2.24) is 20.1 Å². The number of aryl methyl sites for hydroxylation is 1. The highest BCUT2D eigenvalue weighted by atomic mass is 32.2. The molecule has 1 aromatic carbocycles. The van der Waals surface area contributed by atoms with Gasteiger partial charge in [0.05, 0.1) is 0 Å². The molecule has 0 radical (unpaired) electrons. The third kappa shape index (κ3) is 8.42. The minimum absolute atomic E-state index is 0.147. The Labute approximate surface area is 229 Å². The molecule has 0 spiro atoms. The van der Waals surface area contributed by atoms with Crippen LogP contribution < -0.4 is 10.1 Å². The lowest BCUT2D eigenvalue weighted by Crippen LogP contribution is -2.65. The van der Waals surface area contributed by atoms with Crippen LogP contribution in [0.15, 0.2) is 29.4 Å². The van der Waals surface area contributed by atoms with Gasteiger partial charge in [-0.15, -0.1) is 10.2 Å². The summed E-state index contributed by atoms with van der Waals surface area (Å²) >= 11 is 1.10. The van der Waals surface area contributed by atoms with E-state index in [1.165, 1.54) is 27.7 Å². The van der Waals surface area contributed by atoms with Crippen LogP contribution >= 0.6 is 11.8 Å². The van der Waals surface area contributed by atoms with Crippen LogP contribution in [0, 0.1) is 6.92 Å². The lowest BCUT2D eigenvalue weighted by molar-refractivity contribution is -0.211. The van der Waals surface area contributed by atoms with E-state index < -0.39 is 53.6 Å². The Bertz CT molecular complexity index is 1200. The van der Waals surface area contributed by atoms with E-state index in [2.05, 4.69) is 15.5 Å². The topological polar surface area (TPSA) is 157 Å². The predicted octanol–water partition coefficient (Wildman–Crippen LogP) is 1.45. The zero-order valence-corrected chi connectivity index (χ0v) is 23.4. The molecule has 212 valence electrons. The number of carbonyl (C=O) groups excluding carboxylic acids is 4. The molecule has 1 saturated heterocycles. The molecule has 1 amide bonds. The Balaban J connectivity index is 1.89. The number of nitrogens with zero attached hydrogens (tertiary/aromatic N) is 3. The van der Waals surface area contributed by atoms with Crippen molar-refractivity contribution in [3.8, 4) is 5.75 Å². The maximum Gasteiger partial charge on any atom is 0.303 e. The van der Waals surface area contributed by atoms with Gasteiger partial charge in [-0.2, -0.15) is 0 Å². The molecule has 1 aromatic heterocycles. The van der Waals surface area contributed by atoms with Gasteiger partial charge in [0.1, 0.15) is 36.5 Å². The number of thioether (sulfide) groups is 1. The Hall–Kier alpha value is -3.65. The van der Waals surface area contributed by atoms with Gasteiger partial charge in [0.15, 0.2) is 23.2 Å². The number of ether oxygens (including phenoxy) is 5.